The summed E-state index contributed by atoms with van der Waals surface area (Å²) in [6.07, 6.45) is 1.08. The first-order valence-corrected chi connectivity index (χ1v) is 6.45. The molecule has 0 radical (unpaired) electrons. The van der Waals surface area contributed by atoms with E-state index in [4.69, 9.17) is 5.73 Å². The maximum absolute atomic E-state index is 14.1. The summed E-state index contributed by atoms with van der Waals surface area (Å²) in [6.45, 7) is 3.67. The van der Waals surface area contributed by atoms with E-state index in [0.29, 0.717) is 11.7 Å². The van der Waals surface area contributed by atoms with Gasteiger partial charge in [0.1, 0.15) is 5.82 Å². The Bertz CT molecular complexity index is 418. The largest absolute Gasteiger partial charge is 0.368 e. The third kappa shape index (κ3) is 2.65. The molecular weight excluding hydrogens is 229 g/mol. The zero-order valence-electron chi connectivity index (χ0n) is 11.4. The van der Waals surface area contributed by atoms with E-state index in [1.54, 1.807) is 6.07 Å². The average Bonchev–Trinajstić information content (AvgIpc) is 2.78. The van der Waals surface area contributed by atoms with Crippen molar-refractivity contribution in [2.45, 2.75) is 25.4 Å². The molecule has 1 aliphatic rings. The third-order valence-corrected chi connectivity index (χ3v) is 3.73. The lowest BCUT2D eigenvalue weighted by molar-refractivity contribution is 0.315. The van der Waals surface area contributed by atoms with Crippen LogP contribution in [0, 0.1) is 5.82 Å². The second-order valence-electron chi connectivity index (χ2n) is 5.35. The summed E-state index contributed by atoms with van der Waals surface area (Å²) in [5.74, 6) is -0.163. The van der Waals surface area contributed by atoms with Crippen LogP contribution in [0.25, 0.3) is 0 Å². The molecule has 1 fully saturated rings. The zero-order valence-corrected chi connectivity index (χ0v) is 11.4. The van der Waals surface area contributed by atoms with Crippen LogP contribution in [0.1, 0.15) is 24.9 Å². The van der Waals surface area contributed by atoms with Gasteiger partial charge in [-0.1, -0.05) is 6.07 Å². The van der Waals surface area contributed by atoms with Crippen LogP contribution in [0.3, 0.4) is 0 Å². The second-order valence-corrected chi connectivity index (χ2v) is 5.35. The Kier molecular flexibility index (Phi) is 3.88. The van der Waals surface area contributed by atoms with Gasteiger partial charge in [-0.15, -0.1) is 0 Å². The Hall–Kier alpha value is -1.13. The molecule has 1 aliphatic heterocycles. The molecule has 3 nitrogen and oxygen atoms in total. The van der Waals surface area contributed by atoms with E-state index in [0.717, 1.165) is 25.1 Å². The molecule has 2 unspecified atom stereocenters. The van der Waals surface area contributed by atoms with Crippen LogP contribution >= 0.6 is 0 Å². The Labute approximate surface area is 108 Å². The van der Waals surface area contributed by atoms with Crippen LogP contribution in [0.5, 0.6) is 0 Å². The first kappa shape index (κ1) is 13.3. The lowest BCUT2D eigenvalue weighted by Gasteiger charge is -2.22. The van der Waals surface area contributed by atoms with Crippen molar-refractivity contribution in [2.75, 3.05) is 32.1 Å². The van der Waals surface area contributed by atoms with Crippen LogP contribution in [-0.2, 0) is 0 Å². The predicted molar refractivity (Wildman–Crippen MR) is 73.3 cm³/mol. The van der Waals surface area contributed by atoms with Gasteiger partial charge in [0, 0.05) is 25.2 Å². The summed E-state index contributed by atoms with van der Waals surface area (Å²) < 4.78 is 14.1. The number of anilines is 1. The fourth-order valence-corrected chi connectivity index (χ4v) is 2.44. The number of hydrogen-bond acceptors (Lipinski definition) is 3. The average molecular weight is 251 g/mol. The second kappa shape index (κ2) is 5.24. The maximum Gasteiger partial charge on any atom is 0.146 e. The van der Waals surface area contributed by atoms with Crippen molar-refractivity contribution in [3.8, 4) is 0 Å². The number of hydrogen-bond donors (Lipinski definition) is 1. The van der Waals surface area contributed by atoms with Crippen LogP contribution < -0.4 is 10.6 Å². The molecule has 0 aromatic heterocycles. The van der Waals surface area contributed by atoms with Gasteiger partial charge < -0.3 is 15.5 Å². The zero-order chi connectivity index (χ0) is 13.3. The van der Waals surface area contributed by atoms with Gasteiger partial charge in [-0.3, -0.25) is 0 Å². The first-order chi connectivity index (χ1) is 8.49. The number of halogens is 1. The highest BCUT2D eigenvalue weighted by Crippen LogP contribution is 2.26. The number of nitrogens with two attached hydrogens (primary N) is 1. The summed E-state index contributed by atoms with van der Waals surface area (Å²) in [7, 11) is 4.15. The van der Waals surface area contributed by atoms with Gasteiger partial charge in [-0.25, -0.2) is 4.39 Å². The summed E-state index contributed by atoms with van der Waals surface area (Å²) in [5, 5.41) is 0. The highest BCUT2D eigenvalue weighted by Gasteiger charge is 2.25. The molecular formula is C14H22FN3. The van der Waals surface area contributed by atoms with E-state index in [-0.39, 0.29) is 11.9 Å². The van der Waals surface area contributed by atoms with Gasteiger partial charge in [0.15, 0.2) is 0 Å². The Morgan fingerprint density at radius 1 is 1.44 bits per heavy atom. The summed E-state index contributed by atoms with van der Waals surface area (Å²) in [4.78, 5) is 4.32. The Balaban J connectivity index is 2.15. The van der Waals surface area contributed by atoms with E-state index in [1.165, 1.54) is 0 Å². The standard InChI is InChI=1S/C14H22FN3/c1-10(16)11-4-5-14(13(15)8-11)18-7-6-12(9-18)17(2)3/h4-5,8,10,12H,6-7,9,16H2,1-3H3. The van der Waals surface area contributed by atoms with Gasteiger partial charge in [0.25, 0.3) is 0 Å². The summed E-state index contributed by atoms with van der Waals surface area (Å²) in [6, 6.07) is 5.72. The smallest absolute Gasteiger partial charge is 0.146 e. The lowest BCUT2D eigenvalue weighted by Crippen LogP contribution is -2.31. The van der Waals surface area contributed by atoms with Crippen molar-refractivity contribution in [2.24, 2.45) is 5.73 Å². The number of likely N-dealkylation sites (N-methyl/N-ethyl adjacent to an activating group) is 1. The molecule has 2 N–H and O–H groups in total. The molecule has 100 valence electrons. The summed E-state index contributed by atoms with van der Waals surface area (Å²) >= 11 is 0. The fraction of sp³-hybridized carbons (Fsp3) is 0.571. The first-order valence-electron chi connectivity index (χ1n) is 6.45. The van der Waals surface area contributed by atoms with Crippen molar-refractivity contribution in [1.29, 1.82) is 0 Å². The minimum atomic E-state index is -0.163. The van der Waals surface area contributed by atoms with Crippen molar-refractivity contribution < 1.29 is 4.39 Å². The molecule has 4 heteroatoms. The molecule has 0 spiro atoms. The quantitative estimate of drug-likeness (QED) is 0.891. The number of nitrogens with zero attached hydrogens (tertiary/aromatic N) is 2. The molecule has 0 saturated carbocycles. The molecule has 1 aromatic carbocycles. The molecule has 1 saturated heterocycles. The maximum atomic E-state index is 14.1. The van der Waals surface area contributed by atoms with Crippen molar-refractivity contribution in [3.63, 3.8) is 0 Å². The van der Waals surface area contributed by atoms with Crippen LogP contribution in [0.4, 0.5) is 10.1 Å². The molecule has 2 rings (SSSR count). The molecule has 0 amide bonds. The van der Waals surface area contributed by atoms with Crippen LogP contribution in [-0.4, -0.2) is 38.1 Å². The molecule has 2 atom stereocenters. The Morgan fingerprint density at radius 2 is 2.17 bits per heavy atom. The van der Waals surface area contributed by atoms with Gasteiger partial charge >= 0.3 is 0 Å². The van der Waals surface area contributed by atoms with Crippen LogP contribution in [0.2, 0.25) is 0 Å². The highest BCUT2D eigenvalue weighted by atomic mass is 19.1. The lowest BCUT2D eigenvalue weighted by atomic mass is 10.1. The molecule has 0 bridgehead atoms. The van der Waals surface area contributed by atoms with Gasteiger partial charge in [-0.2, -0.15) is 0 Å². The van der Waals surface area contributed by atoms with E-state index in [9.17, 15) is 4.39 Å². The third-order valence-electron chi connectivity index (χ3n) is 3.73. The Morgan fingerprint density at radius 3 is 2.67 bits per heavy atom. The number of benzene rings is 1. The van der Waals surface area contributed by atoms with E-state index >= 15 is 0 Å². The minimum absolute atomic E-state index is 0.123. The summed E-state index contributed by atoms with van der Waals surface area (Å²) in [5.41, 5.74) is 7.31. The van der Waals surface area contributed by atoms with Crippen LogP contribution in [0.15, 0.2) is 18.2 Å². The van der Waals surface area contributed by atoms with E-state index in [1.807, 2.05) is 19.1 Å². The molecule has 1 aromatic rings. The molecule has 1 heterocycles. The van der Waals surface area contributed by atoms with Crippen molar-refractivity contribution in [1.82, 2.24) is 4.90 Å². The van der Waals surface area contributed by atoms with E-state index in [2.05, 4.69) is 23.9 Å². The SMILES string of the molecule is CC(N)c1ccc(N2CCC(N(C)C)C2)c(F)c1. The van der Waals surface area contributed by atoms with Crippen molar-refractivity contribution >= 4 is 5.69 Å². The van der Waals surface area contributed by atoms with Crippen molar-refractivity contribution in [3.05, 3.63) is 29.6 Å². The topological polar surface area (TPSA) is 32.5 Å². The van der Waals surface area contributed by atoms with Gasteiger partial charge in [0.05, 0.1) is 5.69 Å². The van der Waals surface area contributed by atoms with Gasteiger partial charge in [0.2, 0.25) is 0 Å². The van der Waals surface area contributed by atoms with Gasteiger partial charge in [-0.05, 0) is 45.1 Å². The normalized spacial score (nSPS) is 21.7. The predicted octanol–water partition coefficient (Wildman–Crippen LogP) is 1.99. The minimum Gasteiger partial charge on any atom is -0.368 e. The molecule has 0 aliphatic carbocycles. The highest BCUT2D eigenvalue weighted by molar-refractivity contribution is 5.50. The fourth-order valence-electron chi connectivity index (χ4n) is 2.44. The number of rotatable bonds is 3. The van der Waals surface area contributed by atoms with E-state index < -0.39 is 0 Å². The molecule has 18 heavy (non-hydrogen) atoms. The monoisotopic (exact) mass is 251 g/mol.